The molecule has 1 unspecified atom stereocenters. The number of hydrogen-bond acceptors (Lipinski definition) is 4. The number of allylic oxidation sites excluding steroid dienone is 1. The Balaban J connectivity index is 0.798. The highest BCUT2D eigenvalue weighted by atomic mass is 16.6. The number of nitrogens with one attached hydrogen (secondary N) is 1. The average Bonchev–Trinajstić information content (AvgIpc) is 3.69. The van der Waals surface area contributed by atoms with Crippen LogP contribution in [0.25, 0.3) is 38.7 Å². The highest BCUT2D eigenvalue weighted by Gasteiger charge is 2.56. The number of fused-ring (bicyclic) bond motifs is 3. The number of benzene rings is 4. The molecule has 1 aromatic heterocycles. The Bertz CT molecular complexity index is 2100. The molecule has 10 rings (SSSR count). The molecular formula is C42H38N4O2. The molecule has 4 fully saturated rings. The van der Waals surface area contributed by atoms with Gasteiger partial charge in [0, 0.05) is 35.9 Å². The summed E-state index contributed by atoms with van der Waals surface area (Å²) < 4.78 is 5.75. The Morgan fingerprint density at radius 2 is 1.50 bits per heavy atom. The molecule has 0 spiro atoms. The molecule has 0 radical (unpaired) electrons. The van der Waals surface area contributed by atoms with E-state index >= 15 is 0 Å². The van der Waals surface area contributed by atoms with Gasteiger partial charge < -0.3 is 9.72 Å². The second-order valence-corrected chi connectivity index (χ2v) is 14.7. The van der Waals surface area contributed by atoms with Gasteiger partial charge in [0.15, 0.2) is 0 Å². The quantitative estimate of drug-likeness (QED) is 0.195. The number of imidazole rings is 1. The normalized spacial score (nSPS) is 26.6. The van der Waals surface area contributed by atoms with E-state index in [2.05, 4.69) is 65.6 Å². The van der Waals surface area contributed by atoms with E-state index in [9.17, 15) is 4.79 Å². The number of hydrogen-bond donors (Lipinski definition) is 1. The largest absolute Gasteiger partial charge is 0.445 e. The number of carbonyl (C=O) groups excluding carboxylic acids is 1. The molecule has 6 atom stereocenters. The molecule has 48 heavy (non-hydrogen) atoms. The highest BCUT2D eigenvalue weighted by Crippen LogP contribution is 2.57. The van der Waals surface area contributed by atoms with Gasteiger partial charge >= 0.3 is 6.09 Å². The zero-order valence-corrected chi connectivity index (χ0v) is 26.9. The topological polar surface area (TPSA) is 70.6 Å². The zero-order chi connectivity index (χ0) is 31.8. The summed E-state index contributed by atoms with van der Waals surface area (Å²) in [5.41, 5.74) is 9.17. The fraction of sp³-hybridized carbons (Fsp3) is 0.310. The molecule has 2 aliphatic heterocycles. The van der Waals surface area contributed by atoms with Crippen molar-refractivity contribution in [3.05, 3.63) is 120 Å². The maximum atomic E-state index is 13.2. The molecule has 238 valence electrons. The van der Waals surface area contributed by atoms with Crippen LogP contribution in [0, 0.1) is 17.8 Å². The number of amides is 1. The van der Waals surface area contributed by atoms with Crippen molar-refractivity contribution in [3.8, 4) is 22.4 Å². The molecule has 3 heterocycles. The number of ether oxygens (including phenoxy) is 1. The first-order valence-electron chi connectivity index (χ1n) is 17.6. The average molecular weight is 631 g/mol. The van der Waals surface area contributed by atoms with Crippen molar-refractivity contribution in [2.75, 3.05) is 0 Å². The predicted molar refractivity (Wildman–Crippen MR) is 189 cm³/mol. The second kappa shape index (κ2) is 11.0. The molecule has 6 nitrogen and oxygen atoms in total. The number of aliphatic imine (C=N–C) groups is 1. The third-order valence-electron chi connectivity index (χ3n) is 11.6. The predicted octanol–water partition coefficient (Wildman–Crippen LogP) is 9.40. The molecule has 3 aliphatic carbocycles. The molecule has 4 aromatic carbocycles. The van der Waals surface area contributed by atoms with Crippen molar-refractivity contribution in [1.82, 2.24) is 14.9 Å². The van der Waals surface area contributed by atoms with Crippen LogP contribution in [0.1, 0.15) is 61.4 Å². The van der Waals surface area contributed by atoms with Crippen molar-refractivity contribution < 1.29 is 9.53 Å². The van der Waals surface area contributed by atoms with E-state index in [4.69, 9.17) is 14.7 Å². The minimum Gasteiger partial charge on any atom is -0.445 e. The van der Waals surface area contributed by atoms with Gasteiger partial charge in [-0.2, -0.15) is 0 Å². The zero-order valence-electron chi connectivity index (χ0n) is 26.9. The van der Waals surface area contributed by atoms with E-state index in [-0.39, 0.29) is 12.1 Å². The number of nitrogens with zero attached hydrogens (tertiary/aromatic N) is 3. The van der Waals surface area contributed by atoms with E-state index in [1.807, 2.05) is 47.6 Å². The van der Waals surface area contributed by atoms with Gasteiger partial charge in [-0.1, -0.05) is 78.9 Å². The number of rotatable bonds is 7. The maximum Gasteiger partial charge on any atom is 0.410 e. The lowest BCUT2D eigenvalue weighted by atomic mass is 9.95. The lowest BCUT2D eigenvalue weighted by Gasteiger charge is -2.27. The van der Waals surface area contributed by atoms with Crippen LogP contribution in [-0.2, 0) is 11.3 Å². The monoisotopic (exact) mass is 630 g/mol. The summed E-state index contributed by atoms with van der Waals surface area (Å²) in [6, 6.07) is 32.5. The maximum absolute atomic E-state index is 13.2. The van der Waals surface area contributed by atoms with Gasteiger partial charge in [-0.05, 0) is 101 Å². The number of likely N-dealkylation sites (tertiary alicyclic amines) is 1. The second-order valence-electron chi connectivity index (χ2n) is 14.7. The van der Waals surface area contributed by atoms with Gasteiger partial charge in [-0.3, -0.25) is 9.89 Å². The van der Waals surface area contributed by atoms with Crippen molar-refractivity contribution in [2.24, 2.45) is 22.7 Å². The first kappa shape index (κ1) is 28.1. The summed E-state index contributed by atoms with van der Waals surface area (Å²) in [6.45, 7) is 0.299. The first-order chi connectivity index (χ1) is 23.6. The van der Waals surface area contributed by atoms with Gasteiger partial charge in [0.2, 0.25) is 0 Å². The summed E-state index contributed by atoms with van der Waals surface area (Å²) in [6.07, 6.45) is 10.7. The van der Waals surface area contributed by atoms with Crippen molar-refractivity contribution in [1.29, 1.82) is 0 Å². The third-order valence-corrected chi connectivity index (χ3v) is 11.6. The smallest absolute Gasteiger partial charge is 0.410 e. The van der Waals surface area contributed by atoms with Crippen LogP contribution in [0.2, 0.25) is 0 Å². The van der Waals surface area contributed by atoms with E-state index < -0.39 is 0 Å². The Morgan fingerprint density at radius 1 is 0.771 bits per heavy atom. The van der Waals surface area contributed by atoms with Crippen LogP contribution in [0.4, 0.5) is 4.79 Å². The minimum atomic E-state index is -0.216. The van der Waals surface area contributed by atoms with Crippen molar-refractivity contribution in [3.63, 3.8) is 0 Å². The van der Waals surface area contributed by atoms with Gasteiger partial charge in [0.1, 0.15) is 12.4 Å². The van der Waals surface area contributed by atoms with Crippen LogP contribution in [-0.4, -0.2) is 38.8 Å². The Labute approximate surface area is 280 Å². The number of carbonyl (C=O) groups is 1. The highest BCUT2D eigenvalue weighted by molar-refractivity contribution is 6.03. The molecule has 3 saturated carbocycles. The fourth-order valence-corrected chi connectivity index (χ4v) is 8.74. The van der Waals surface area contributed by atoms with E-state index in [1.54, 1.807) is 0 Å². The Hall–Kier alpha value is -4.97. The summed E-state index contributed by atoms with van der Waals surface area (Å²) in [5, 5.41) is 2.46. The summed E-state index contributed by atoms with van der Waals surface area (Å²) in [5.74, 6) is 4.27. The first-order valence-corrected chi connectivity index (χ1v) is 17.6. The summed E-state index contributed by atoms with van der Waals surface area (Å²) >= 11 is 0. The van der Waals surface area contributed by atoms with Crippen LogP contribution in [0.15, 0.2) is 108 Å². The van der Waals surface area contributed by atoms with E-state index in [1.165, 1.54) is 63.7 Å². The van der Waals surface area contributed by atoms with Gasteiger partial charge in [-0.25, -0.2) is 9.78 Å². The van der Waals surface area contributed by atoms with Crippen LogP contribution >= 0.6 is 0 Å². The summed E-state index contributed by atoms with van der Waals surface area (Å²) in [4.78, 5) is 28.4. The fourth-order valence-electron chi connectivity index (χ4n) is 8.74. The van der Waals surface area contributed by atoms with Crippen LogP contribution < -0.4 is 0 Å². The lowest BCUT2D eigenvalue weighted by molar-refractivity contribution is 0.0930. The van der Waals surface area contributed by atoms with Gasteiger partial charge in [0.25, 0.3) is 0 Å². The Kier molecular flexibility index (Phi) is 6.46. The minimum absolute atomic E-state index is 0.0243. The summed E-state index contributed by atoms with van der Waals surface area (Å²) in [7, 11) is 0. The molecule has 1 amide bonds. The molecule has 5 aliphatic rings. The molecular weight excluding hydrogens is 592 g/mol. The Morgan fingerprint density at radius 3 is 2.31 bits per heavy atom. The van der Waals surface area contributed by atoms with E-state index in [0.29, 0.717) is 24.5 Å². The molecule has 1 saturated heterocycles. The van der Waals surface area contributed by atoms with Crippen LogP contribution in [0.5, 0.6) is 0 Å². The molecule has 1 N–H and O–H groups in total. The van der Waals surface area contributed by atoms with Gasteiger partial charge in [-0.15, -0.1) is 0 Å². The SMILES string of the molecule is O=C(OCc1ccccc1)N1[C@@H]2C[C@@H]2C[C@H]1C1=NC=C(c2ccc(-c3ccc4cc(-c5cnc(C6C[C@@H]7C[C@@H]7C6)[nH]5)ccc4c3)cc2)C1. The van der Waals surface area contributed by atoms with Crippen LogP contribution in [0.3, 0.4) is 0 Å². The number of aromatic amines is 1. The lowest BCUT2D eigenvalue weighted by Crippen LogP contribution is -2.43. The third kappa shape index (κ3) is 5.06. The van der Waals surface area contributed by atoms with Crippen molar-refractivity contribution >= 4 is 28.2 Å². The molecule has 0 bridgehead atoms. The number of piperidine rings is 1. The van der Waals surface area contributed by atoms with Gasteiger partial charge in [0.05, 0.1) is 17.9 Å². The van der Waals surface area contributed by atoms with Crippen molar-refractivity contribution in [2.45, 2.75) is 63.1 Å². The van der Waals surface area contributed by atoms with E-state index in [0.717, 1.165) is 48.1 Å². The number of H-pyrrole nitrogens is 1. The molecule has 5 aromatic rings. The molecule has 6 heteroatoms. The standard InChI is InChI=1S/C42H38N4O2/c47-42(48-24-25-4-2-1-3-5-25)46-39-20-34(39)21-40(46)37-19-36(22-43-37)27-8-6-26(7-9-27)28-10-11-30-15-31(13-12-29(30)14-28)38-23-44-41(45-38)35-17-32-16-33(32)18-35/h1-15,22-23,32-35,39-40H,16-21,24H2,(H,44,45)/t32-,33+,34-,35?,39-,40+/m1/s1. The number of aromatic nitrogens is 2.